The van der Waals surface area contributed by atoms with Gasteiger partial charge in [-0.2, -0.15) is 0 Å². The summed E-state index contributed by atoms with van der Waals surface area (Å²) in [5.41, 5.74) is 5.64. The monoisotopic (exact) mass is 369 g/mol. The molecule has 8 heteroatoms. The summed E-state index contributed by atoms with van der Waals surface area (Å²) in [5, 5.41) is 11.0. The van der Waals surface area contributed by atoms with Crippen LogP contribution >= 0.6 is 0 Å². The average molecular weight is 369 g/mol. The van der Waals surface area contributed by atoms with Crippen molar-refractivity contribution >= 4 is 23.3 Å². The van der Waals surface area contributed by atoms with E-state index in [2.05, 4.69) is 0 Å². The van der Waals surface area contributed by atoms with Crippen molar-refractivity contribution in [1.29, 1.82) is 0 Å². The Kier molecular flexibility index (Phi) is 5.35. The lowest BCUT2D eigenvalue weighted by Gasteiger charge is -2.23. The average Bonchev–Trinajstić information content (AvgIpc) is 3.21. The highest BCUT2D eigenvalue weighted by Crippen LogP contribution is 2.27. The summed E-state index contributed by atoms with van der Waals surface area (Å²) in [4.78, 5) is 37.5. The number of hydrogen-bond donors (Lipinski definition) is 1. The van der Waals surface area contributed by atoms with Gasteiger partial charge in [-0.3, -0.25) is 14.9 Å². The number of amides is 1. The molecular weight excluding hydrogens is 350 g/mol. The van der Waals surface area contributed by atoms with E-state index in [1.807, 2.05) is 0 Å². The molecule has 27 heavy (non-hydrogen) atoms. The third kappa shape index (κ3) is 4.05. The summed E-state index contributed by atoms with van der Waals surface area (Å²) in [7, 11) is 0. The molecule has 8 nitrogen and oxygen atoms in total. The predicted octanol–water partition coefficient (Wildman–Crippen LogP) is 2.70. The highest BCUT2D eigenvalue weighted by Gasteiger charge is 2.31. The third-order valence-electron chi connectivity index (χ3n) is 4.43. The maximum absolute atomic E-state index is 12.9. The molecule has 0 spiro atoms. The fraction of sp³-hybridized carbons (Fsp3) is 0.263. The van der Waals surface area contributed by atoms with Gasteiger partial charge in [0.2, 0.25) is 6.10 Å². The Labute approximate surface area is 155 Å². The van der Waals surface area contributed by atoms with E-state index in [4.69, 9.17) is 10.5 Å². The van der Waals surface area contributed by atoms with Crippen LogP contribution in [0.4, 0.5) is 11.4 Å². The number of nitrogen functional groups attached to an aromatic ring is 1. The summed E-state index contributed by atoms with van der Waals surface area (Å²) in [6, 6.07) is 12.4. The SMILES string of the molecule is Nc1ccc(C(=O)O[C@@H](C(=O)N2CCCC2)c2ccccc2)cc1[N+](=O)[O-]. The van der Waals surface area contributed by atoms with Gasteiger partial charge in [-0.15, -0.1) is 0 Å². The van der Waals surface area contributed by atoms with E-state index in [9.17, 15) is 19.7 Å². The molecule has 0 bridgehead atoms. The minimum absolute atomic E-state index is 0.0361. The largest absolute Gasteiger partial charge is 0.444 e. The van der Waals surface area contributed by atoms with Gasteiger partial charge in [0.05, 0.1) is 10.5 Å². The molecule has 0 aromatic heterocycles. The molecule has 140 valence electrons. The summed E-state index contributed by atoms with van der Waals surface area (Å²) in [6.45, 7) is 1.24. The number of carbonyl (C=O) groups is 2. The van der Waals surface area contributed by atoms with Gasteiger partial charge in [0, 0.05) is 24.7 Å². The number of nitrogens with zero attached hydrogens (tertiary/aromatic N) is 2. The van der Waals surface area contributed by atoms with Crippen molar-refractivity contribution in [2.75, 3.05) is 18.8 Å². The maximum Gasteiger partial charge on any atom is 0.339 e. The molecule has 2 aromatic rings. The predicted molar refractivity (Wildman–Crippen MR) is 97.9 cm³/mol. The molecule has 0 aliphatic carbocycles. The van der Waals surface area contributed by atoms with Crippen molar-refractivity contribution in [3.63, 3.8) is 0 Å². The van der Waals surface area contributed by atoms with Crippen LogP contribution in [0.1, 0.15) is 34.9 Å². The van der Waals surface area contributed by atoms with Gasteiger partial charge in [0.15, 0.2) is 0 Å². The van der Waals surface area contributed by atoms with Crippen LogP contribution in [-0.4, -0.2) is 34.8 Å². The number of benzene rings is 2. The van der Waals surface area contributed by atoms with Crippen LogP contribution in [0.2, 0.25) is 0 Å². The summed E-state index contributed by atoms with van der Waals surface area (Å²) in [5.74, 6) is -1.11. The van der Waals surface area contributed by atoms with Crippen LogP contribution in [0.3, 0.4) is 0 Å². The molecule has 1 aliphatic heterocycles. The first-order valence-electron chi connectivity index (χ1n) is 8.56. The number of nitro groups is 1. The van der Waals surface area contributed by atoms with Gasteiger partial charge >= 0.3 is 5.97 Å². The van der Waals surface area contributed by atoms with Crippen LogP contribution in [-0.2, 0) is 9.53 Å². The highest BCUT2D eigenvalue weighted by atomic mass is 16.6. The molecule has 1 amide bonds. The Morgan fingerprint density at radius 1 is 1.11 bits per heavy atom. The molecular formula is C19H19N3O5. The lowest BCUT2D eigenvalue weighted by molar-refractivity contribution is -0.383. The summed E-state index contributed by atoms with van der Waals surface area (Å²) < 4.78 is 5.48. The topological polar surface area (TPSA) is 116 Å². The molecule has 3 rings (SSSR count). The van der Waals surface area contributed by atoms with E-state index in [-0.39, 0.29) is 22.8 Å². The van der Waals surface area contributed by atoms with Gasteiger partial charge in [-0.1, -0.05) is 30.3 Å². The maximum atomic E-state index is 12.9. The molecule has 1 aliphatic rings. The van der Waals surface area contributed by atoms with Crippen LogP contribution in [0.5, 0.6) is 0 Å². The van der Waals surface area contributed by atoms with Gasteiger partial charge in [0.25, 0.3) is 11.6 Å². The Balaban J connectivity index is 1.87. The molecule has 1 heterocycles. The van der Waals surface area contributed by atoms with E-state index < -0.39 is 17.0 Å². The van der Waals surface area contributed by atoms with E-state index in [1.54, 1.807) is 35.2 Å². The number of likely N-dealkylation sites (tertiary alicyclic amines) is 1. The summed E-state index contributed by atoms with van der Waals surface area (Å²) in [6.07, 6.45) is 0.713. The van der Waals surface area contributed by atoms with Crippen LogP contribution in [0, 0.1) is 10.1 Å². The number of rotatable bonds is 5. The van der Waals surface area contributed by atoms with E-state index in [1.165, 1.54) is 12.1 Å². The molecule has 2 N–H and O–H groups in total. The van der Waals surface area contributed by atoms with Crippen molar-refractivity contribution < 1.29 is 19.2 Å². The van der Waals surface area contributed by atoms with Crippen molar-refractivity contribution in [2.45, 2.75) is 18.9 Å². The van der Waals surface area contributed by atoms with E-state index in [0.717, 1.165) is 18.9 Å². The van der Waals surface area contributed by atoms with Crippen LogP contribution in [0.25, 0.3) is 0 Å². The second kappa shape index (κ2) is 7.86. The number of carbonyl (C=O) groups excluding carboxylic acids is 2. The lowest BCUT2D eigenvalue weighted by atomic mass is 10.1. The van der Waals surface area contributed by atoms with Gasteiger partial charge < -0.3 is 15.4 Å². The second-order valence-electron chi connectivity index (χ2n) is 6.26. The first-order chi connectivity index (χ1) is 13.0. The number of ether oxygens (including phenoxy) is 1. The molecule has 0 unspecified atom stereocenters. The molecule has 0 radical (unpaired) electrons. The number of nitrogens with two attached hydrogens (primary N) is 1. The normalized spacial score (nSPS) is 14.6. The molecule has 1 saturated heterocycles. The smallest absolute Gasteiger partial charge is 0.339 e. The Morgan fingerprint density at radius 2 is 1.78 bits per heavy atom. The molecule has 1 fully saturated rings. The minimum Gasteiger partial charge on any atom is -0.444 e. The third-order valence-corrected chi connectivity index (χ3v) is 4.43. The molecule has 0 saturated carbocycles. The van der Waals surface area contributed by atoms with Crippen LogP contribution < -0.4 is 5.73 Å². The van der Waals surface area contributed by atoms with Gasteiger partial charge in [0.1, 0.15) is 5.69 Å². The first-order valence-corrected chi connectivity index (χ1v) is 8.56. The Bertz CT molecular complexity index is 863. The number of hydrogen-bond acceptors (Lipinski definition) is 6. The zero-order valence-corrected chi connectivity index (χ0v) is 14.5. The summed E-state index contributed by atoms with van der Waals surface area (Å²) >= 11 is 0. The van der Waals surface area contributed by atoms with E-state index in [0.29, 0.717) is 18.7 Å². The Hall–Kier alpha value is -3.42. The quantitative estimate of drug-likeness (QED) is 0.375. The minimum atomic E-state index is -1.10. The fourth-order valence-electron chi connectivity index (χ4n) is 3.00. The van der Waals surface area contributed by atoms with Crippen molar-refractivity contribution in [2.24, 2.45) is 0 Å². The zero-order valence-electron chi connectivity index (χ0n) is 14.5. The zero-order chi connectivity index (χ0) is 19.4. The van der Waals surface area contributed by atoms with Gasteiger partial charge in [-0.05, 0) is 25.0 Å². The fourth-order valence-corrected chi connectivity index (χ4v) is 3.00. The number of esters is 1. The van der Waals surface area contributed by atoms with Crippen molar-refractivity contribution in [3.8, 4) is 0 Å². The Morgan fingerprint density at radius 3 is 2.41 bits per heavy atom. The van der Waals surface area contributed by atoms with Crippen molar-refractivity contribution in [3.05, 3.63) is 69.8 Å². The second-order valence-corrected chi connectivity index (χ2v) is 6.26. The number of anilines is 1. The number of nitro benzene ring substituents is 1. The van der Waals surface area contributed by atoms with E-state index >= 15 is 0 Å². The lowest BCUT2D eigenvalue weighted by Crippen LogP contribution is -2.34. The van der Waals surface area contributed by atoms with Crippen LogP contribution in [0.15, 0.2) is 48.5 Å². The molecule has 1 atom stereocenters. The van der Waals surface area contributed by atoms with Gasteiger partial charge in [-0.25, -0.2) is 4.79 Å². The standard InChI is InChI=1S/C19H19N3O5/c20-15-9-8-14(12-16(15)22(25)26)19(24)27-17(13-6-2-1-3-7-13)18(23)21-10-4-5-11-21/h1-3,6-9,12,17H,4-5,10-11,20H2/t17-/m1/s1. The van der Waals surface area contributed by atoms with Crippen molar-refractivity contribution in [1.82, 2.24) is 4.90 Å². The first kappa shape index (κ1) is 18.4. The molecule has 2 aromatic carbocycles. The highest BCUT2D eigenvalue weighted by molar-refractivity contribution is 5.94.